The van der Waals surface area contributed by atoms with Crippen LogP contribution in [-0.2, 0) is 9.53 Å². The van der Waals surface area contributed by atoms with Crippen LogP contribution in [0.3, 0.4) is 0 Å². The molecule has 0 spiro atoms. The zero-order valence-corrected chi connectivity index (χ0v) is 18.6. The third kappa shape index (κ3) is 6.73. The molecular weight excluding hydrogens is 479 g/mol. The number of H-pyrrole nitrogens is 1. The van der Waals surface area contributed by atoms with Gasteiger partial charge in [0.05, 0.1) is 12.0 Å². The minimum atomic E-state index is -4.69. The summed E-state index contributed by atoms with van der Waals surface area (Å²) >= 11 is 0. The van der Waals surface area contributed by atoms with E-state index in [1.54, 1.807) is 60.8 Å². The number of fused-ring (bicyclic) bond motifs is 1. The number of anilines is 3. The number of hydrogen-bond acceptors (Lipinski definition) is 7. The van der Waals surface area contributed by atoms with Crippen LogP contribution in [0, 0.1) is 0 Å². The number of ether oxygens (including phenoxy) is 3. The van der Waals surface area contributed by atoms with E-state index in [2.05, 4.69) is 36.9 Å². The molecule has 0 radical (unpaired) electrons. The summed E-state index contributed by atoms with van der Waals surface area (Å²) < 4.78 is 50.9. The first-order valence-electron chi connectivity index (χ1n) is 10.6. The first-order valence-corrected chi connectivity index (χ1v) is 10.6. The van der Waals surface area contributed by atoms with Gasteiger partial charge in [0.1, 0.15) is 23.8 Å². The second-order valence-corrected chi connectivity index (χ2v) is 7.21. The van der Waals surface area contributed by atoms with E-state index in [0.717, 1.165) is 0 Å². The average Bonchev–Trinajstić information content (AvgIpc) is 3.31. The average molecular weight is 499 g/mol. The number of hydrogen-bond donors (Lipinski definition) is 3. The molecule has 2 aromatic heterocycles. The van der Waals surface area contributed by atoms with Crippen molar-refractivity contribution in [3.63, 3.8) is 0 Å². The van der Waals surface area contributed by atoms with Crippen LogP contribution in [0.15, 0.2) is 73.4 Å². The SMILES string of the molecule is C=CC(=O)Nc1cccc(Oc2nc(Nc3ccc(OCCOC(F)(F)F)cc3)nc3[nH]ccc23)c1. The molecule has 186 valence electrons. The third-order valence-corrected chi connectivity index (χ3v) is 4.61. The summed E-state index contributed by atoms with van der Waals surface area (Å²) in [7, 11) is 0. The summed E-state index contributed by atoms with van der Waals surface area (Å²) in [6.07, 6.45) is -1.82. The van der Waals surface area contributed by atoms with Crippen molar-refractivity contribution in [3.8, 4) is 17.4 Å². The first-order chi connectivity index (χ1) is 17.3. The number of amides is 1. The Morgan fingerprint density at radius 2 is 1.83 bits per heavy atom. The highest BCUT2D eigenvalue weighted by atomic mass is 19.4. The number of aromatic nitrogens is 3. The van der Waals surface area contributed by atoms with Gasteiger partial charge in [-0.15, -0.1) is 13.2 Å². The van der Waals surface area contributed by atoms with Gasteiger partial charge in [-0.25, -0.2) is 0 Å². The van der Waals surface area contributed by atoms with Crippen molar-refractivity contribution in [1.29, 1.82) is 0 Å². The molecule has 0 aliphatic heterocycles. The molecule has 0 saturated heterocycles. The number of halogens is 3. The number of nitrogens with zero attached hydrogens (tertiary/aromatic N) is 2. The molecule has 1 amide bonds. The number of carbonyl (C=O) groups excluding carboxylic acids is 1. The van der Waals surface area contributed by atoms with Gasteiger partial charge in [0.2, 0.25) is 17.7 Å². The second kappa shape index (κ2) is 10.8. The number of benzene rings is 2. The Balaban J connectivity index is 1.45. The summed E-state index contributed by atoms with van der Waals surface area (Å²) in [5, 5.41) is 6.36. The van der Waals surface area contributed by atoms with E-state index in [4.69, 9.17) is 9.47 Å². The minimum absolute atomic E-state index is 0.239. The van der Waals surface area contributed by atoms with Crippen LogP contribution in [-0.4, -0.2) is 40.4 Å². The van der Waals surface area contributed by atoms with Gasteiger partial charge in [-0.1, -0.05) is 12.6 Å². The van der Waals surface area contributed by atoms with Crippen LogP contribution in [0.25, 0.3) is 11.0 Å². The quantitative estimate of drug-likeness (QED) is 0.194. The molecule has 3 N–H and O–H groups in total. The molecule has 0 unspecified atom stereocenters. The lowest BCUT2D eigenvalue weighted by Gasteiger charge is -2.11. The molecule has 36 heavy (non-hydrogen) atoms. The normalized spacial score (nSPS) is 11.2. The van der Waals surface area contributed by atoms with E-state index in [1.807, 2.05) is 0 Å². The van der Waals surface area contributed by atoms with Gasteiger partial charge in [0.25, 0.3) is 0 Å². The van der Waals surface area contributed by atoms with Crippen molar-refractivity contribution < 1.29 is 32.2 Å². The Morgan fingerprint density at radius 1 is 1.03 bits per heavy atom. The molecule has 0 aliphatic carbocycles. The number of alkyl halides is 3. The maximum Gasteiger partial charge on any atom is 0.522 e. The number of rotatable bonds is 10. The van der Waals surface area contributed by atoms with Crippen LogP contribution in [0.5, 0.6) is 17.4 Å². The minimum Gasteiger partial charge on any atom is -0.491 e. The van der Waals surface area contributed by atoms with Crippen molar-refractivity contribution in [2.24, 2.45) is 0 Å². The summed E-state index contributed by atoms with van der Waals surface area (Å²) in [5.74, 6) is 0.989. The molecule has 0 atom stereocenters. The molecular formula is C24H20F3N5O4. The highest BCUT2D eigenvalue weighted by molar-refractivity contribution is 5.99. The molecule has 0 fully saturated rings. The molecule has 0 aliphatic rings. The zero-order valence-electron chi connectivity index (χ0n) is 18.6. The van der Waals surface area contributed by atoms with Crippen molar-refractivity contribution in [2.75, 3.05) is 23.8 Å². The Labute approximate surface area is 202 Å². The van der Waals surface area contributed by atoms with Gasteiger partial charge in [-0.2, -0.15) is 9.97 Å². The molecule has 2 heterocycles. The topological polar surface area (TPSA) is 110 Å². The first kappa shape index (κ1) is 24.5. The highest BCUT2D eigenvalue weighted by Crippen LogP contribution is 2.30. The molecule has 0 bridgehead atoms. The largest absolute Gasteiger partial charge is 0.522 e. The van der Waals surface area contributed by atoms with E-state index in [1.165, 1.54) is 6.08 Å². The van der Waals surface area contributed by atoms with Crippen LogP contribution in [0.4, 0.5) is 30.5 Å². The van der Waals surface area contributed by atoms with Gasteiger partial charge in [-0.3, -0.25) is 9.53 Å². The summed E-state index contributed by atoms with van der Waals surface area (Å²) in [6.45, 7) is 2.57. The summed E-state index contributed by atoms with van der Waals surface area (Å²) in [5.41, 5.74) is 1.67. The summed E-state index contributed by atoms with van der Waals surface area (Å²) in [4.78, 5) is 23.5. The van der Waals surface area contributed by atoms with E-state index < -0.39 is 13.0 Å². The monoisotopic (exact) mass is 499 g/mol. The fourth-order valence-corrected chi connectivity index (χ4v) is 3.07. The highest BCUT2D eigenvalue weighted by Gasteiger charge is 2.28. The Bertz CT molecular complexity index is 1360. The van der Waals surface area contributed by atoms with Gasteiger partial charge in [0, 0.05) is 23.6 Å². The maximum absolute atomic E-state index is 12.0. The Kier molecular flexibility index (Phi) is 7.35. The second-order valence-electron chi connectivity index (χ2n) is 7.21. The molecule has 2 aromatic carbocycles. The van der Waals surface area contributed by atoms with Crippen LogP contribution >= 0.6 is 0 Å². The predicted octanol–water partition coefficient (Wildman–Crippen LogP) is 5.53. The van der Waals surface area contributed by atoms with Crippen molar-refractivity contribution in [3.05, 3.63) is 73.4 Å². The van der Waals surface area contributed by atoms with E-state index in [0.29, 0.717) is 33.9 Å². The van der Waals surface area contributed by atoms with Gasteiger partial charge < -0.3 is 25.1 Å². The lowest BCUT2D eigenvalue weighted by Crippen LogP contribution is -2.18. The standard InChI is InChI=1S/C24H20F3N5O4/c1-2-20(33)29-16-4-3-5-18(14-16)36-22-19-10-11-28-21(19)31-23(32-22)30-15-6-8-17(9-7-15)34-12-13-35-24(25,26)27/h2-11,14H,1,12-13H2,(H,29,33)(H2,28,30,31,32). The zero-order chi connectivity index (χ0) is 25.5. The van der Waals surface area contributed by atoms with Crippen molar-refractivity contribution >= 4 is 34.3 Å². The van der Waals surface area contributed by atoms with Crippen LogP contribution < -0.4 is 20.1 Å². The smallest absolute Gasteiger partial charge is 0.491 e. The predicted molar refractivity (Wildman–Crippen MR) is 126 cm³/mol. The van der Waals surface area contributed by atoms with Gasteiger partial charge in [-0.05, 0) is 48.5 Å². The third-order valence-electron chi connectivity index (χ3n) is 4.61. The molecule has 9 nitrogen and oxygen atoms in total. The molecule has 4 rings (SSSR count). The Morgan fingerprint density at radius 3 is 2.58 bits per heavy atom. The molecule has 12 heteroatoms. The van der Waals surface area contributed by atoms with Crippen LogP contribution in [0.1, 0.15) is 0 Å². The Hall–Kier alpha value is -4.58. The lowest BCUT2D eigenvalue weighted by molar-refractivity contribution is -0.325. The fourth-order valence-electron chi connectivity index (χ4n) is 3.07. The maximum atomic E-state index is 12.0. The van der Waals surface area contributed by atoms with E-state index in [9.17, 15) is 18.0 Å². The molecule has 4 aromatic rings. The molecule has 0 saturated carbocycles. The lowest BCUT2D eigenvalue weighted by atomic mass is 10.3. The number of carbonyl (C=O) groups is 1. The van der Waals surface area contributed by atoms with Crippen molar-refractivity contribution in [1.82, 2.24) is 15.0 Å². The number of nitrogens with one attached hydrogen (secondary N) is 3. The fraction of sp³-hybridized carbons (Fsp3) is 0.125. The van der Waals surface area contributed by atoms with Crippen LogP contribution in [0.2, 0.25) is 0 Å². The van der Waals surface area contributed by atoms with E-state index >= 15 is 0 Å². The van der Waals surface area contributed by atoms with E-state index in [-0.39, 0.29) is 24.3 Å². The summed E-state index contributed by atoms with van der Waals surface area (Å²) in [6, 6.07) is 15.1. The van der Waals surface area contributed by atoms with Gasteiger partial charge in [0.15, 0.2) is 0 Å². The number of aromatic amines is 1. The van der Waals surface area contributed by atoms with Crippen molar-refractivity contribution in [2.45, 2.75) is 6.36 Å². The van der Waals surface area contributed by atoms with Gasteiger partial charge >= 0.3 is 6.36 Å².